The van der Waals surface area contributed by atoms with Crippen LogP contribution < -0.4 is 5.73 Å². The van der Waals surface area contributed by atoms with Gasteiger partial charge in [-0.1, -0.05) is 26.0 Å². The highest BCUT2D eigenvalue weighted by Gasteiger charge is 2.36. The fourth-order valence-electron chi connectivity index (χ4n) is 3.67. The molecule has 0 aliphatic carbocycles. The van der Waals surface area contributed by atoms with Crippen molar-refractivity contribution in [3.05, 3.63) is 23.8 Å². The number of ether oxygens (including phenoxy) is 1. The van der Waals surface area contributed by atoms with Crippen LogP contribution in [-0.4, -0.2) is 21.8 Å². The number of aromatic nitrogens is 2. The highest BCUT2D eigenvalue weighted by Crippen LogP contribution is 2.40. The van der Waals surface area contributed by atoms with Gasteiger partial charge in [0.25, 0.3) is 0 Å². The van der Waals surface area contributed by atoms with Gasteiger partial charge in [-0.25, -0.2) is 4.98 Å². The summed E-state index contributed by atoms with van der Waals surface area (Å²) in [4.78, 5) is 4.55. The maximum atomic E-state index is 6.24. The summed E-state index contributed by atoms with van der Waals surface area (Å²) < 4.78 is 8.34. The lowest BCUT2D eigenvalue weighted by molar-refractivity contribution is -0.0979. The second kappa shape index (κ2) is 5.34. The molecule has 1 aliphatic rings. The number of hydrogen-bond donors (Lipinski definition) is 1. The standard InChI is InChI=1S/C17H25N3O/c1-4-17(5-2)11-13(9-10-21-17)20-15-12(3)7-6-8-14(15)19-16(20)18/h6-8,13H,4-5,9-11H2,1-3H3,(H2,18,19). The fourth-order valence-corrected chi connectivity index (χ4v) is 3.67. The molecule has 4 heteroatoms. The number of hydrogen-bond acceptors (Lipinski definition) is 3. The first-order valence-corrected chi connectivity index (χ1v) is 7.97. The van der Waals surface area contributed by atoms with E-state index in [1.54, 1.807) is 0 Å². The Hall–Kier alpha value is -1.55. The Morgan fingerprint density at radius 2 is 2.14 bits per heavy atom. The molecule has 1 atom stereocenters. The van der Waals surface area contributed by atoms with Crippen molar-refractivity contribution in [2.45, 2.75) is 58.1 Å². The number of anilines is 1. The number of nitrogens with zero attached hydrogens (tertiary/aromatic N) is 2. The molecule has 0 amide bonds. The molecule has 3 rings (SSSR count). The molecule has 114 valence electrons. The summed E-state index contributed by atoms with van der Waals surface area (Å²) in [6.07, 6.45) is 4.12. The van der Waals surface area contributed by atoms with E-state index in [2.05, 4.69) is 36.4 Å². The zero-order valence-electron chi connectivity index (χ0n) is 13.2. The predicted molar refractivity (Wildman–Crippen MR) is 86.4 cm³/mol. The van der Waals surface area contributed by atoms with Crippen molar-refractivity contribution in [2.24, 2.45) is 0 Å². The number of para-hydroxylation sites is 1. The minimum Gasteiger partial charge on any atom is -0.375 e. The average molecular weight is 287 g/mol. The van der Waals surface area contributed by atoms with Crippen molar-refractivity contribution in [2.75, 3.05) is 12.3 Å². The smallest absolute Gasteiger partial charge is 0.201 e. The van der Waals surface area contributed by atoms with Crippen molar-refractivity contribution in [3.63, 3.8) is 0 Å². The van der Waals surface area contributed by atoms with Gasteiger partial charge in [-0.15, -0.1) is 0 Å². The number of nitrogen functional groups attached to an aromatic ring is 1. The van der Waals surface area contributed by atoms with E-state index in [4.69, 9.17) is 10.5 Å². The molecule has 0 radical (unpaired) electrons. The summed E-state index contributed by atoms with van der Waals surface area (Å²) in [5.41, 5.74) is 9.65. The van der Waals surface area contributed by atoms with E-state index in [-0.39, 0.29) is 5.60 Å². The molecule has 1 saturated heterocycles. The van der Waals surface area contributed by atoms with Gasteiger partial charge in [-0.05, 0) is 44.2 Å². The van der Waals surface area contributed by atoms with Gasteiger partial charge in [0.15, 0.2) is 0 Å². The van der Waals surface area contributed by atoms with Crippen molar-refractivity contribution in [3.8, 4) is 0 Å². The third kappa shape index (κ3) is 2.31. The summed E-state index contributed by atoms with van der Waals surface area (Å²) in [5.74, 6) is 0.632. The predicted octanol–water partition coefficient (Wildman–Crippen LogP) is 3.84. The largest absolute Gasteiger partial charge is 0.375 e. The van der Waals surface area contributed by atoms with Crippen molar-refractivity contribution < 1.29 is 4.74 Å². The third-order valence-electron chi connectivity index (χ3n) is 5.06. The lowest BCUT2D eigenvalue weighted by atomic mass is 9.85. The quantitative estimate of drug-likeness (QED) is 0.933. The topological polar surface area (TPSA) is 53.1 Å². The number of fused-ring (bicyclic) bond motifs is 1. The molecule has 2 N–H and O–H groups in total. The van der Waals surface area contributed by atoms with E-state index >= 15 is 0 Å². The Kier molecular flexibility index (Phi) is 3.66. The monoisotopic (exact) mass is 287 g/mol. The molecule has 0 spiro atoms. The molecule has 1 unspecified atom stereocenters. The van der Waals surface area contributed by atoms with E-state index in [1.165, 1.54) is 11.1 Å². The van der Waals surface area contributed by atoms with Gasteiger partial charge >= 0.3 is 0 Å². The van der Waals surface area contributed by atoms with Crippen LogP contribution in [0.3, 0.4) is 0 Å². The van der Waals surface area contributed by atoms with Crippen LogP contribution in [-0.2, 0) is 4.74 Å². The third-order valence-corrected chi connectivity index (χ3v) is 5.06. The first kappa shape index (κ1) is 14.4. The number of nitrogens with two attached hydrogens (primary N) is 1. The second-order valence-electron chi connectivity index (χ2n) is 6.17. The Labute approximate surface area is 126 Å². The van der Waals surface area contributed by atoms with Gasteiger partial charge in [0.2, 0.25) is 5.95 Å². The van der Waals surface area contributed by atoms with E-state index in [9.17, 15) is 0 Å². The molecule has 21 heavy (non-hydrogen) atoms. The maximum absolute atomic E-state index is 6.24. The second-order valence-corrected chi connectivity index (χ2v) is 6.17. The van der Waals surface area contributed by atoms with Crippen molar-refractivity contribution in [1.29, 1.82) is 0 Å². The minimum atomic E-state index is -0.00532. The Morgan fingerprint density at radius 1 is 1.38 bits per heavy atom. The minimum absolute atomic E-state index is 0.00532. The number of benzene rings is 1. The summed E-state index contributed by atoms with van der Waals surface area (Å²) in [7, 11) is 0. The van der Waals surface area contributed by atoms with Gasteiger partial charge in [-0.2, -0.15) is 0 Å². The van der Waals surface area contributed by atoms with Crippen LogP contribution in [0.4, 0.5) is 5.95 Å². The first-order chi connectivity index (χ1) is 10.1. The van der Waals surface area contributed by atoms with Crippen molar-refractivity contribution >= 4 is 17.0 Å². The van der Waals surface area contributed by atoms with Crippen LogP contribution in [0.1, 0.15) is 51.1 Å². The fraction of sp³-hybridized carbons (Fsp3) is 0.588. The lowest BCUT2D eigenvalue weighted by Crippen LogP contribution is -2.39. The van der Waals surface area contributed by atoms with Gasteiger partial charge in [0.1, 0.15) is 0 Å². The first-order valence-electron chi connectivity index (χ1n) is 7.97. The van der Waals surface area contributed by atoms with E-state index in [0.29, 0.717) is 12.0 Å². The lowest BCUT2D eigenvalue weighted by Gasteiger charge is -2.40. The zero-order chi connectivity index (χ0) is 15.0. The molecule has 1 aromatic carbocycles. The maximum Gasteiger partial charge on any atom is 0.201 e. The molecule has 1 aliphatic heterocycles. The summed E-state index contributed by atoms with van der Waals surface area (Å²) in [5, 5.41) is 0. The van der Waals surface area contributed by atoms with Gasteiger partial charge in [0.05, 0.1) is 16.6 Å². The molecule has 2 heterocycles. The van der Waals surface area contributed by atoms with Crippen LogP contribution in [0, 0.1) is 6.92 Å². The normalized spacial score (nSPS) is 21.8. The van der Waals surface area contributed by atoms with Gasteiger partial charge < -0.3 is 15.0 Å². The molecule has 1 fully saturated rings. The Bertz CT molecular complexity index is 643. The molecule has 2 aromatic rings. The number of imidazole rings is 1. The summed E-state index contributed by atoms with van der Waals surface area (Å²) in [6.45, 7) is 7.36. The molecule has 0 bridgehead atoms. The number of aryl methyl sites for hydroxylation is 1. The van der Waals surface area contributed by atoms with Crippen LogP contribution in [0.25, 0.3) is 11.0 Å². The zero-order valence-corrected chi connectivity index (χ0v) is 13.2. The Morgan fingerprint density at radius 3 is 2.86 bits per heavy atom. The van der Waals surface area contributed by atoms with E-state index in [1.807, 2.05) is 12.1 Å². The number of rotatable bonds is 3. The van der Waals surface area contributed by atoms with Gasteiger partial charge in [-0.3, -0.25) is 0 Å². The highest BCUT2D eigenvalue weighted by molar-refractivity contribution is 5.81. The molecular weight excluding hydrogens is 262 g/mol. The SMILES string of the molecule is CCC1(CC)CC(n2c(N)nc3cccc(C)c32)CCO1. The van der Waals surface area contributed by atoms with Crippen LogP contribution in [0.2, 0.25) is 0 Å². The Balaban J connectivity index is 2.06. The molecule has 1 aromatic heterocycles. The summed E-state index contributed by atoms with van der Waals surface area (Å²) in [6, 6.07) is 6.60. The summed E-state index contributed by atoms with van der Waals surface area (Å²) >= 11 is 0. The van der Waals surface area contributed by atoms with E-state index < -0.39 is 0 Å². The van der Waals surface area contributed by atoms with Crippen LogP contribution in [0.15, 0.2) is 18.2 Å². The van der Waals surface area contributed by atoms with Crippen LogP contribution >= 0.6 is 0 Å². The van der Waals surface area contributed by atoms with Gasteiger partial charge in [0, 0.05) is 12.6 Å². The molecular formula is C17H25N3O. The molecule has 4 nitrogen and oxygen atoms in total. The average Bonchev–Trinajstić information content (AvgIpc) is 2.84. The van der Waals surface area contributed by atoms with Crippen LogP contribution in [0.5, 0.6) is 0 Å². The highest BCUT2D eigenvalue weighted by atomic mass is 16.5. The molecule has 0 saturated carbocycles. The van der Waals surface area contributed by atoms with E-state index in [0.717, 1.165) is 37.8 Å². The van der Waals surface area contributed by atoms with Crippen molar-refractivity contribution in [1.82, 2.24) is 9.55 Å².